The van der Waals surface area contributed by atoms with Gasteiger partial charge in [-0.15, -0.1) is 0 Å². The predicted octanol–water partition coefficient (Wildman–Crippen LogP) is 3.57. The van der Waals surface area contributed by atoms with Crippen LogP contribution in [0.1, 0.15) is 12.5 Å². The molecule has 0 aliphatic carbocycles. The average molecular weight is 245 g/mol. The molecule has 0 amide bonds. The number of halogens is 2. The Hall–Kier alpha value is -0.990. The third-order valence-corrected chi connectivity index (χ3v) is 2.22. The lowest BCUT2D eigenvalue weighted by molar-refractivity contribution is -0.139. The molecule has 0 atom stereocenters. The van der Waals surface area contributed by atoms with Gasteiger partial charge in [0.05, 0.1) is 0 Å². The van der Waals surface area contributed by atoms with Crippen molar-refractivity contribution in [2.24, 2.45) is 0 Å². The maximum absolute atomic E-state index is 10.5. The van der Waals surface area contributed by atoms with Gasteiger partial charge in [-0.1, -0.05) is 29.3 Å². The zero-order chi connectivity index (χ0) is 11.3. The van der Waals surface area contributed by atoms with Gasteiger partial charge in [-0.3, -0.25) is 4.79 Å². The fourth-order valence-electron chi connectivity index (χ4n) is 0.983. The summed E-state index contributed by atoms with van der Waals surface area (Å²) >= 11 is 11.7. The highest BCUT2D eigenvalue weighted by atomic mass is 35.5. The second kappa shape index (κ2) is 5.79. The first kappa shape index (κ1) is 12.1. The summed E-state index contributed by atoms with van der Waals surface area (Å²) in [5.74, 6) is -0.308. The van der Waals surface area contributed by atoms with Crippen LogP contribution in [0.15, 0.2) is 24.3 Å². The molecule has 0 unspecified atom stereocenters. The van der Waals surface area contributed by atoms with Crippen LogP contribution in [-0.4, -0.2) is 12.6 Å². The van der Waals surface area contributed by atoms with Crippen molar-refractivity contribution >= 4 is 35.2 Å². The maximum atomic E-state index is 10.5. The topological polar surface area (TPSA) is 26.3 Å². The van der Waals surface area contributed by atoms with Gasteiger partial charge in [-0.05, 0) is 29.8 Å². The molecule has 2 nitrogen and oxygen atoms in total. The Labute approximate surface area is 98.4 Å². The molecule has 0 radical (unpaired) electrons. The van der Waals surface area contributed by atoms with E-state index in [0.29, 0.717) is 10.0 Å². The Balaban J connectivity index is 2.63. The summed E-state index contributed by atoms with van der Waals surface area (Å²) < 4.78 is 4.73. The molecular weight excluding hydrogens is 235 g/mol. The molecule has 1 aromatic rings. The number of rotatable bonds is 3. The van der Waals surface area contributed by atoms with Gasteiger partial charge in [-0.25, -0.2) is 0 Å². The number of carbonyl (C=O) groups is 1. The zero-order valence-electron chi connectivity index (χ0n) is 8.17. The normalized spacial score (nSPS) is 10.6. The van der Waals surface area contributed by atoms with Crippen molar-refractivity contribution in [3.63, 3.8) is 0 Å². The van der Waals surface area contributed by atoms with Gasteiger partial charge in [0, 0.05) is 17.0 Å². The van der Waals surface area contributed by atoms with Crippen LogP contribution < -0.4 is 0 Å². The van der Waals surface area contributed by atoms with Crippen molar-refractivity contribution in [1.29, 1.82) is 0 Å². The first-order valence-corrected chi connectivity index (χ1v) is 5.10. The first-order chi connectivity index (χ1) is 7.09. The number of benzene rings is 1. The molecule has 0 fully saturated rings. The van der Waals surface area contributed by atoms with Crippen LogP contribution in [0.25, 0.3) is 6.08 Å². The van der Waals surface area contributed by atoms with Gasteiger partial charge in [-0.2, -0.15) is 0 Å². The lowest BCUT2D eigenvalue weighted by Gasteiger charge is -1.99. The van der Waals surface area contributed by atoms with Crippen molar-refractivity contribution in [2.45, 2.75) is 6.92 Å². The summed E-state index contributed by atoms with van der Waals surface area (Å²) in [7, 11) is 0. The van der Waals surface area contributed by atoms with Gasteiger partial charge < -0.3 is 4.74 Å². The van der Waals surface area contributed by atoms with E-state index in [0.717, 1.165) is 5.56 Å². The monoisotopic (exact) mass is 244 g/mol. The second-order valence-corrected chi connectivity index (χ2v) is 3.71. The van der Waals surface area contributed by atoms with Crippen LogP contribution in [-0.2, 0) is 9.53 Å². The predicted molar refractivity (Wildman–Crippen MR) is 62.1 cm³/mol. The molecule has 0 aliphatic heterocycles. The van der Waals surface area contributed by atoms with E-state index in [-0.39, 0.29) is 12.6 Å². The fraction of sp³-hybridized carbons (Fsp3) is 0.182. The molecule has 80 valence electrons. The summed E-state index contributed by atoms with van der Waals surface area (Å²) in [5.41, 5.74) is 0.802. The quantitative estimate of drug-likeness (QED) is 0.761. The van der Waals surface area contributed by atoms with Crippen molar-refractivity contribution in [3.8, 4) is 0 Å². The summed E-state index contributed by atoms with van der Waals surface area (Å²) in [6.07, 6.45) is 3.47. The van der Waals surface area contributed by atoms with E-state index >= 15 is 0 Å². The maximum Gasteiger partial charge on any atom is 0.302 e. The van der Waals surface area contributed by atoms with E-state index in [1.807, 2.05) is 0 Å². The van der Waals surface area contributed by atoms with E-state index in [9.17, 15) is 4.79 Å². The zero-order valence-corrected chi connectivity index (χ0v) is 9.68. The van der Waals surface area contributed by atoms with E-state index in [1.54, 1.807) is 30.4 Å². The molecule has 0 aromatic heterocycles. The van der Waals surface area contributed by atoms with Crippen LogP contribution >= 0.6 is 23.2 Å². The third kappa shape index (κ3) is 4.36. The molecule has 0 N–H and O–H groups in total. The Morgan fingerprint density at radius 1 is 1.47 bits per heavy atom. The Kier molecular flexibility index (Phi) is 4.66. The van der Waals surface area contributed by atoms with Crippen LogP contribution in [0, 0.1) is 0 Å². The summed E-state index contributed by atoms with van der Waals surface area (Å²) in [5, 5.41) is 1.23. The molecule has 4 heteroatoms. The van der Waals surface area contributed by atoms with E-state index < -0.39 is 0 Å². The molecule has 0 bridgehead atoms. The number of hydrogen-bond donors (Lipinski definition) is 0. The Morgan fingerprint density at radius 3 is 2.87 bits per heavy atom. The van der Waals surface area contributed by atoms with Crippen LogP contribution in [0.3, 0.4) is 0 Å². The van der Waals surface area contributed by atoms with Gasteiger partial charge in [0.15, 0.2) is 0 Å². The lowest BCUT2D eigenvalue weighted by Crippen LogP contribution is -1.97. The van der Waals surface area contributed by atoms with Crippen molar-refractivity contribution in [3.05, 3.63) is 39.9 Å². The molecule has 0 aliphatic rings. The van der Waals surface area contributed by atoms with Crippen LogP contribution in [0.4, 0.5) is 0 Å². The largest absolute Gasteiger partial charge is 0.462 e. The van der Waals surface area contributed by atoms with E-state index in [1.165, 1.54) is 6.92 Å². The highest BCUT2D eigenvalue weighted by Crippen LogP contribution is 2.21. The molecule has 1 rings (SSSR count). The molecule has 15 heavy (non-hydrogen) atoms. The van der Waals surface area contributed by atoms with Crippen LogP contribution in [0.2, 0.25) is 10.0 Å². The minimum Gasteiger partial charge on any atom is -0.462 e. The number of hydrogen-bond acceptors (Lipinski definition) is 2. The minimum absolute atomic E-state index is 0.234. The molecule has 0 saturated heterocycles. The molecule has 0 saturated carbocycles. The lowest BCUT2D eigenvalue weighted by atomic mass is 10.2. The second-order valence-electron chi connectivity index (χ2n) is 2.87. The highest BCUT2D eigenvalue weighted by molar-refractivity contribution is 6.34. The first-order valence-electron chi connectivity index (χ1n) is 4.34. The van der Waals surface area contributed by atoms with Gasteiger partial charge in [0.2, 0.25) is 0 Å². The van der Waals surface area contributed by atoms with Gasteiger partial charge >= 0.3 is 5.97 Å². The van der Waals surface area contributed by atoms with Gasteiger partial charge in [0.25, 0.3) is 0 Å². The fourth-order valence-corrected chi connectivity index (χ4v) is 1.34. The van der Waals surface area contributed by atoms with E-state index in [2.05, 4.69) is 0 Å². The summed E-state index contributed by atoms with van der Waals surface area (Å²) in [6, 6.07) is 5.18. The number of esters is 1. The third-order valence-electron chi connectivity index (χ3n) is 1.64. The minimum atomic E-state index is -0.308. The number of carbonyl (C=O) groups excluding carboxylic acids is 1. The molecule has 0 spiro atoms. The Bertz CT molecular complexity index is 386. The smallest absolute Gasteiger partial charge is 0.302 e. The summed E-state index contributed by atoms with van der Waals surface area (Å²) in [4.78, 5) is 10.5. The highest BCUT2D eigenvalue weighted by Gasteiger charge is 1.97. The molecule has 1 aromatic carbocycles. The van der Waals surface area contributed by atoms with Crippen molar-refractivity contribution < 1.29 is 9.53 Å². The molecule has 0 heterocycles. The standard InChI is InChI=1S/C11H10Cl2O2/c1-8(14)15-6-2-3-9-7-10(12)4-5-11(9)13/h2-5,7H,6H2,1H3/b3-2+. The van der Waals surface area contributed by atoms with E-state index in [4.69, 9.17) is 27.9 Å². The number of ether oxygens (including phenoxy) is 1. The molecular formula is C11H10Cl2O2. The summed E-state index contributed by atoms with van der Waals surface area (Å²) in [6.45, 7) is 1.60. The Morgan fingerprint density at radius 2 is 2.20 bits per heavy atom. The van der Waals surface area contributed by atoms with Crippen molar-refractivity contribution in [2.75, 3.05) is 6.61 Å². The average Bonchev–Trinajstić information content (AvgIpc) is 2.17. The SMILES string of the molecule is CC(=O)OC/C=C/c1cc(Cl)ccc1Cl. The van der Waals surface area contributed by atoms with Gasteiger partial charge in [0.1, 0.15) is 6.61 Å². The van der Waals surface area contributed by atoms with Crippen molar-refractivity contribution in [1.82, 2.24) is 0 Å². The van der Waals surface area contributed by atoms with Crippen LogP contribution in [0.5, 0.6) is 0 Å².